The van der Waals surface area contributed by atoms with Gasteiger partial charge in [0.2, 0.25) is 0 Å². The van der Waals surface area contributed by atoms with Crippen LogP contribution in [0.4, 0.5) is 5.69 Å². The molecule has 0 bridgehead atoms. The molecule has 0 saturated heterocycles. The molecule has 0 spiro atoms. The zero-order chi connectivity index (χ0) is 11.1. The average molecular weight is 213 g/mol. The normalized spacial score (nSPS) is 11.0. The minimum atomic E-state index is -0.127. The lowest BCUT2D eigenvalue weighted by Crippen LogP contribution is -1.70. The molecule has 2 aromatic carbocycles. The van der Waals surface area contributed by atoms with Crippen molar-refractivity contribution in [3.05, 3.63) is 41.3 Å². The van der Waals surface area contributed by atoms with E-state index in [2.05, 4.69) is 5.18 Å². The number of aromatic hydroxyl groups is 1. The Bertz CT molecular complexity index is 700. The van der Waals surface area contributed by atoms with Crippen LogP contribution in [0, 0.1) is 4.91 Å². The molecule has 0 fully saturated rings. The predicted octanol–water partition coefficient (Wildman–Crippen LogP) is 3.69. The Kier molecular flexibility index (Phi) is 1.71. The number of phenolic OH excluding ortho intramolecular Hbond substituents is 1. The Labute approximate surface area is 90.1 Å². The monoisotopic (exact) mass is 213 g/mol. The summed E-state index contributed by atoms with van der Waals surface area (Å²) in [5.41, 5.74) is 1.25. The van der Waals surface area contributed by atoms with Gasteiger partial charge in [-0.15, -0.1) is 4.91 Å². The molecule has 78 valence electrons. The van der Waals surface area contributed by atoms with Crippen molar-refractivity contribution in [3.63, 3.8) is 0 Å². The van der Waals surface area contributed by atoms with Crippen LogP contribution in [0.3, 0.4) is 0 Å². The Morgan fingerprint density at radius 3 is 2.69 bits per heavy atom. The first-order valence-electron chi connectivity index (χ1n) is 4.78. The van der Waals surface area contributed by atoms with Crippen molar-refractivity contribution < 1.29 is 9.52 Å². The first-order chi connectivity index (χ1) is 7.81. The first-order valence-corrected chi connectivity index (χ1v) is 4.78. The molecule has 0 saturated carbocycles. The van der Waals surface area contributed by atoms with Crippen LogP contribution in [0.15, 0.2) is 46.0 Å². The number of fused-ring (bicyclic) bond motifs is 3. The molecule has 0 aliphatic heterocycles. The number of hydrogen-bond donors (Lipinski definition) is 1. The van der Waals surface area contributed by atoms with E-state index in [1.165, 1.54) is 6.07 Å². The number of hydrogen-bond acceptors (Lipinski definition) is 4. The molecule has 0 aliphatic carbocycles. The molecule has 0 unspecified atom stereocenters. The molecule has 3 rings (SSSR count). The molecule has 0 radical (unpaired) electrons. The quantitative estimate of drug-likeness (QED) is 0.627. The third-order valence-electron chi connectivity index (χ3n) is 2.59. The maximum absolute atomic E-state index is 10.5. The van der Waals surface area contributed by atoms with Crippen LogP contribution in [-0.2, 0) is 0 Å². The fourth-order valence-electron chi connectivity index (χ4n) is 1.86. The SMILES string of the molecule is O=Nc1ccc2oc3ccccc3c2c1O. The van der Waals surface area contributed by atoms with E-state index in [4.69, 9.17) is 4.42 Å². The number of furan rings is 1. The van der Waals surface area contributed by atoms with Gasteiger partial charge in [-0.05, 0) is 23.4 Å². The fraction of sp³-hybridized carbons (Fsp3) is 0. The third kappa shape index (κ3) is 1.04. The molecule has 4 nitrogen and oxygen atoms in total. The molecule has 3 aromatic rings. The van der Waals surface area contributed by atoms with Gasteiger partial charge in [0.1, 0.15) is 11.2 Å². The Morgan fingerprint density at radius 2 is 1.88 bits per heavy atom. The molecular formula is C12H7NO3. The van der Waals surface area contributed by atoms with Gasteiger partial charge in [0.25, 0.3) is 0 Å². The summed E-state index contributed by atoms with van der Waals surface area (Å²) in [5.74, 6) is -0.127. The highest BCUT2D eigenvalue weighted by atomic mass is 16.3. The molecule has 1 aromatic heterocycles. The fourth-order valence-corrected chi connectivity index (χ4v) is 1.86. The summed E-state index contributed by atoms with van der Waals surface area (Å²) in [6.07, 6.45) is 0. The summed E-state index contributed by atoms with van der Waals surface area (Å²) in [7, 11) is 0. The van der Waals surface area contributed by atoms with E-state index in [9.17, 15) is 10.0 Å². The van der Waals surface area contributed by atoms with Gasteiger partial charge >= 0.3 is 0 Å². The van der Waals surface area contributed by atoms with E-state index in [1.807, 2.05) is 24.3 Å². The van der Waals surface area contributed by atoms with Crippen molar-refractivity contribution in [1.29, 1.82) is 0 Å². The number of rotatable bonds is 1. The summed E-state index contributed by atoms with van der Waals surface area (Å²) < 4.78 is 5.53. The second kappa shape index (κ2) is 3.06. The number of phenols is 1. The number of nitroso groups, excluding NO2 is 1. The lowest BCUT2D eigenvalue weighted by Gasteiger charge is -1.96. The van der Waals surface area contributed by atoms with Crippen LogP contribution < -0.4 is 0 Å². The minimum Gasteiger partial charge on any atom is -0.505 e. The number of nitrogens with zero attached hydrogens (tertiary/aromatic N) is 1. The van der Waals surface area contributed by atoms with Crippen LogP contribution >= 0.6 is 0 Å². The van der Waals surface area contributed by atoms with Crippen molar-refractivity contribution >= 4 is 27.6 Å². The molecule has 16 heavy (non-hydrogen) atoms. The van der Waals surface area contributed by atoms with Gasteiger partial charge in [0.15, 0.2) is 11.4 Å². The second-order valence-electron chi connectivity index (χ2n) is 3.50. The first kappa shape index (κ1) is 8.91. The van der Waals surface area contributed by atoms with Crippen LogP contribution in [-0.4, -0.2) is 5.11 Å². The lowest BCUT2D eigenvalue weighted by molar-refractivity contribution is 0.483. The lowest BCUT2D eigenvalue weighted by atomic mass is 10.1. The topological polar surface area (TPSA) is 62.8 Å². The summed E-state index contributed by atoms with van der Waals surface area (Å²) in [6.45, 7) is 0. The van der Waals surface area contributed by atoms with Crippen LogP contribution in [0.25, 0.3) is 21.9 Å². The van der Waals surface area contributed by atoms with E-state index in [1.54, 1.807) is 6.07 Å². The summed E-state index contributed by atoms with van der Waals surface area (Å²) in [4.78, 5) is 10.5. The van der Waals surface area contributed by atoms with Crippen molar-refractivity contribution in [3.8, 4) is 5.75 Å². The maximum Gasteiger partial charge on any atom is 0.156 e. The maximum atomic E-state index is 10.5. The predicted molar refractivity (Wildman–Crippen MR) is 60.8 cm³/mol. The van der Waals surface area contributed by atoms with Crippen LogP contribution in [0.1, 0.15) is 0 Å². The van der Waals surface area contributed by atoms with Crippen LogP contribution in [0.2, 0.25) is 0 Å². The van der Waals surface area contributed by atoms with Gasteiger partial charge < -0.3 is 9.52 Å². The highest BCUT2D eigenvalue weighted by Crippen LogP contribution is 2.40. The van der Waals surface area contributed by atoms with Gasteiger partial charge in [0, 0.05) is 5.39 Å². The average Bonchev–Trinajstić information content (AvgIpc) is 2.68. The van der Waals surface area contributed by atoms with Crippen molar-refractivity contribution in [1.82, 2.24) is 0 Å². The molecule has 4 heteroatoms. The van der Waals surface area contributed by atoms with E-state index in [0.29, 0.717) is 16.6 Å². The molecule has 0 aliphatic rings. The zero-order valence-electron chi connectivity index (χ0n) is 8.18. The molecular weight excluding hydrogens is 206 g/mol. The van der Waals surface area contributed by atoms with E-state index >= 15 is 0 Å². The van der Waals surface area contributed by atoms with E-state index < -0.39 is 0 Å². The highest BCUT2D eigenvalue weighted by Gasteiger charge is 2.13. The Balaban J connectivity index is 2.58. The number of benzene rings is 2. The summed E-state index contributed by atoms with van der Waals surface area (Å²) >= 11 is 0. The largest absolute Gasteiger partial charge is 0.505 e. The smallest absolute Gasteiger partial charge is 0.156 e. The van der Waals surface area contributed by atoms with Crippen LogP contribution in [0.5, 0.6) is 5.75 Å². The standard InChI is InChI=1S/C12H7NO3/c14-12-8(13-15)5-6-10-11(12)7-3-1-2-4-9(7)16-10/h1-6,14H. The Morgan fingerprint density at radius 1 is 1.06 bits per heavy atom. The van der Waals surface area contributed by atoms with E-state index in [-0.39, 0.29) is 11.4 Å². The van der Waals surface area contributed by atoms with E-state index in [0.717, 1.165) is 5.39 Å². The van der Waals surface area contributed by atoms with Crippen molar-refractivity contribution in [2.45, 2.75) is 0 Å². The van der Waals surface area contributed by atoms with Gasteiger partial charge in [-0.25, -0.2) is 0 Å². The summed E-state index contributed by atoms with van der Waals surface area (Å²) in [6, 6.07) is 10.4. The molecule has 0 atom stereocenters. The minimum absolute atomic E-state index is 0.0269. The molecule has 1 N–H and O–H groups in total. The van der Waals surface area contributed by atoms with Crippen molar-refractivity contribution in [2.75, 3.05) is 0 Å². The highest BCUT2D eigenvalue weighted by molar-refractivity contribution is 6.09. The summed E-state index contributed by atoms with van der Waals surface area (Å²) in [5, 5.41) is 14.0. The Hall–Kier alpha value is -2.36. The second-order valence-corrected chi connectivity index (χ2v) is 3.50. The molecule has 1 heterocycles. The zero-order valence-corrected chi connectivity index (χ0v) is 8.18. The van der Waals surface area contributed by atoms with Gasteiger partial charge in [-0.1, -0.05) is 18.2 Å². The van der Waals surface area contributed by atoms with Gasteiger partial charge in [0.05, 0.1) is 5.39 Å². The third-order valence-corrected chi connectivity index (χ3v) is 2.59. The molecule has 0 amide bonds. The van der Waals surface area contributed by atoms with Crippen molar-refractivity contribution in [2.24, 2.45) is 5.18 Å². The van der Waals surface area contributed by atoms with Gasteiger partial charge in [-0.3, -0.25) is 0 Å². The van der Waals surface area contributed by atoms with Gasteiger partial charge in [-0.2, -0.15) is 0 Å². The number of para-hydroxylation sites is 1.